The van der Waals surface area contributed by atoms with Crippen LogP contribution in [0.15, 0.2) is 30.6 Å². The Morgan fingerprint density at radius 2 is 1.78 bits per heavy atom. The maximum Gasteiger partial charge on any atom is 0.346 e. The standard InChI is InChI=1S/C17H19N3O7/c1-9(2)16(25,14(21)22)17(26,15(23)24)12-11(27-3)8-19-13(20-12)10-6-4-5-7-18-10/h4-9,25-26H,1-3H3,(H,21,22)(H,23,24). The van der Waals surface area contributed by atoms with E-state index in [9.17, 15) is 30.0 Å². The lowest BCUT2D eigenvalue weighted by molar-refractivity contribution is -0.220. The van der Waals surface area contributed by atoms with E-state index in [1.165, 1.54) is 33.2 Å². The van der Waals surface area contributed by atoms with Gasteiger partial charge in [0.25, 0.3) is 0 Å². The first kappa shape index (κ1) is 20.2. The summed E-state index contributed by atoms with van der Waals surface area (Å²) < 4.78 is 5.01. The molecule has 2 atom stereocenters. The molecule has 0 saturated carbocycles. The van der Waals surface area contributed by atoms with Gasteiger partial charge in [0.05, 0.1) is 13.3 Å². The Bertz CT molecular complexity index is 859. The zero-order chi connectivity index (χ0) is 20.4. The number of methoxy groups -OCH3 is 1. The molecule has 0 bridgehead atoms. The van der Waals surface area contributed by atoms with Gasteiger partial charge in [-0.2, -0.15) is 0 Å². The van der Waals surface area contributed by atoms with Gasteiger partial charge in [-0.15, -0.1) is 0 Å². The number of hydrogen-bond acceptors (Lipinski definition) is 8. The lowest BCUT2D eigenvalue weighted by Gasteiger charge is -2.39. The quantitative estimate of drug-likeness (QED) is 0.527. The van der Waals surface area contributed by atoms with Crippen molar-refractivity contribution in [3.8, 4) is 17.3 Å². The van der Waals surface area contributed by atoms with Crippen molar-refractivity contribution in [3.05, 3.63) is 36.3 Å². The molecule has 144 valence electrons. The zero-order valence-electron chi connectivity index (χ0n) is 14.8. The average Bonchev–Trinajstić information content (AvgIpc) is 2.66. The molecular formula is C17H19N3O7. The fourth-order valence-electron chi connectivity index (χ4n) is 2.66. The molecule has 0 fully saturated rings. The number of carboxylic acid groups (broad SMARTS) is 2. The SMILES string of the molecule is COc1cnc(-c2ccccn2)nc1C(O)(C(=O)O)C(O)(C(=O)O)C(C)C. The molecule has 10 nitrogen and oxygen atoms in total. The number of aliphatic hydroxyl groups is 2. The number of pyridine rings is 1. The summed E-state index contributed by atoms with van der Waals surface area (Å²) in [5.74, 6) is -5.52. The Hall–Kier alpha value is -3.11. The first-order chi connectivity index (χ1) is 12.6. The molecule has 0 spiro atoms. The van der Waals surface area contributed by atoms with Crippen molar-refractivity contribution in [1.82, 2.24) is 15.0 Å². The summed E-state index contributed by atoms with van der Waals surface area (Å²) in [6, 6.07) is 4.82. The Morgan fingerprint density at radius 3 is 2.22 bits per heavy atom. The van der Waals surface area contributed by atoms with E-state index >= 15 is 0 Å². The Balaban J connectivity index is 2.84. The van der Waals surface area contributed by atoms with Gasteiger partial charge in [0.1, 0.15) is 11.4 Å². The van der Waals surface area contributed by atoms with Crippen molar-refractivity contribution in [2.75, 3.05) is 7.11 Å². The normalized spacial score (nSPS) is 15.6. The topological polar surface area (TPSA) is 163 Å². The summed E-state index contributed by atoms with van der Waals surface area (Å²) in [6.45, 7) is 2.52. The molecule has 27 heavy (non-hydrogen) atoms. The Morgan fingerprint density at radius 1 is 1.11 bits per heavy atom. The number of aromatic nitrogens is 3. The average molecular weight is 377 g/mol. The molecular weight excluding hydrogens is 358 g/mol. The highest BCUT2D eigenvalue weighted by Gasteiger charge is 2.65. The molecule has 4 N–H and O–H groups in total. The molecule has 0 aliphatic carbocycles. The molecule has 0 aromatic carbocycles. The highest BCUT2D eigenvalue weighted by molar-refractivity contribution is 5.92. The largest absolute Gasteiger partial charge is 0.493 e. The predicted molar refractivity (Wildman–Crippen MR) is 90.8 cm³/mol. The van der Waals surface area contributed by atoms with Crippen LogP contribution >= 0.6 is 0 Å². The van der Waals surface area contributed by atoms with Gasteiger partial charge in [0, 0.05) is 6.20 Å². The third-order valence-corrected chi connectivity index (χ3v) is 4.23. The molecule has 2 aromatic rings. The number of ether oxygens (including phenoxy) is 1. The van der Waals surface area contributed by atoms with E-state index in [-0.39, 0.29) is 17.3 Å². The van der Waals surface area contributed by atoms with Crippen LogP contribution in [0.4, 0.5) is 0 Å². The maximum absolute atomic E-state index is 12.0. The minimum atomic E-state index is -3.33. The fraction of sp³-hybridized carbons (Fsp3) is 0.353. The van der Waals surface area contributed by atoms with Gasteiger partial charge >= 0.3 is 11.9 Å². The van der Waals surface area contributed by atoms with E-state index in [2.05, 4.69) is 15.0 Å². The second-order valence-corrected chi connectivity index (χ2v) is 6.07. The first-order valence-corrected chi connectivity index (χ1v) is 7.85. The maximum atomic E-state index is 12.0. The van der Waals surface area contributed by atoms with E-state index < -0.39 is 34.8 Å². The highest BCUT2D eigenvalue weighted by Crippen LogP contribution is 2.42. The van der Waals surface area contributed by atoms with Crippen LogP contribution in [-0.4, -0.2) is 60.0 Å². The van der Waals surface area contributed by atoms with Gasteiger partial charge in [-0.05, 0) is 18.1 Å². The van der Waals surface area contributed by atoms with Crippen LogP contribution in [0.25, 0.3) is 11.5 Å². The van der Waals surface area contributed by atoms with Crippen molar-refractivity contribution >= 4 is 11.9 Å². The smallest absolute Gasteiger partial charge is 0.346 e. The molecule has 2 rings (SSSR count). The number of carboxylic acids is 2. The molecule has 10 heteroatoms. The van der Waals surface area contributed by atoms with E-state index in [0.717, 1.165) is 6.20 Å². The Labute approximate surface area is 154 Å². The van der Waals surface area contributed by atoms with Gasteiger partial charge in [-0.25, -0.2) is 19.6 Å². The third-order valence-electron chi connectivity index (χ3n) is 4.23. The molecule has 0 radical (unpaired) electrons. The summed E-state index contributed by atoms with van der Waals surface area (Å²) in [7, 11) is 1.17. The zero-order valence-corrected chi connectivity index (χ0v) is 14.8. The third kappa shape index (κ3) is 3.09. The van der Waals surface area contributed by atoms with Gasteiger partial charge < -0.3 is 25.2 Å². The molecule has 0 amide bonds. The van der Waals surface area contributed by atoms with Gasteiger partial charge in [0.2, 0.25) is 11.2 Å². The molecule has 2 heterocycles. The minimum Gasteiger partial charge on any atom is -0.493 e. The van der Waals surface area contributed by atoms with E-state index in [1.54, 1.807) is 12.1 Å². The van der Waals surface area contributed by atoms with Crippen LogP contribution in [0.1, 0.15) is 19.5 Å². The Kier molecular flexibility index (Phi) is 5.43. The number of nitrogens with zero attached hydrogens (tertiary/aromatic N) is 3. The molecule has 0 aliphatic heterocycles. The van der Waals surface area contributed by atoms with Crippen molar-refractivity contribution < 1.29 is 34.8 Å². The summed E-state index contributed by atoms with van der Waals surface area (Å²) in [4.78, 5) is 35.8. The first-order valence-electron chi connectivity index (χ1n) is 7.85. The van der Waals surface area contributed by atoms with Crippen LogP contribution in [0.2, 0.25) is 0 Å². The fourth-order valence-corrected chi connectivity index (χ4v) is 2.66. The monoisotopic (exact) mass is 377 g/mol. The predicted octanol–water partition coefficient (Wildman–Crippen LogP) is 0.291. The van der Waals surface area contributed by atoms with E-state index in [0.29, 0.717) is 0 Å². The second kappa shape index (κ2) is 7.25. The number of hydrogen-bond donors (Lipinski definition) is 4. The van der Waals surface area contributed by atoms with Crippen LogP contribution in [0.5, 0.6) is 5.75 Å². The van der Waals surface area contributed by atoms with Gasteiger partial charge in [-0.3, -0.25) is 4.98 Å². The molecule has 0 aliphatic rings. The number of rotatable bonds is 7. The van der Waals surface area contributed by atoms with Crippen molar-refractivity contribution in [2.24, 2.45) is 5.92 Å². The molecule has 0 saturated heterocycles. The summed E-state index contributed by atoms with van der Waals surface area (Å²) >= 11 is 0. The second-order valence-electron chi connectivity index (χ2n) is 6.07. The van der Waals surface area contributed by atoms with Crippen LogP contribution in [0.3, 0.4) is 0 Å². The highest BCUT2D eigenvalue weighted by atomic mass is 16.5. The van der Waals surface area contributed by atoms with E-state index in [4.69, 9.17) is 4.74 Å². The summed E-state index contributed by atoms with van der Waals surface area (Å²) in [5.41, 5.74) is -6.89. The lowest BCUT2D eigenvalue weighted by atomic mass is 9.72. The van der Waals surface area contributed by atoms with Crippen molar-refractivity contribution in [2.45, 2.75) is 25.0 Å². The van der Waals surface area contributed by atoms with Gasteiger partial charge in [-0.1, -0.05) is 19.9 Å². The van der Waals surface area contributed by atoms with Crippen LogP contribution in [-0.2, 0) is 15.2 Å². The summed E-state index contributed by atoms with van der Waals surface area (Å²) in [5, 5.41) is 40.9. The minimum absolute atomic E-state index is 0.0810. The number of aliphatic carboxylic acids is 2. The van der Waals surface area contributed by atoms with E-state index in [1.807, 2.05) is 0 Å². The lowest BCUT2D eigenvalue weighted by Crippen LogP contribution is -2.64. The van der Waals surface area contributed by atoms with Crippen LogP contribution < -0.4 is 4.74 Å². The molecule has 2 unspecified atom stereocenters. The van der Waals surface area contributed by atoms with Crippen molar-refractivity contribution in [3.63, 3.8) is 0 Å². The number of carbonyl (C=O) groups is 2. The molecule has 2 aromatic heterocycles. The van der Waals surface area contributed by atoms with Crippen LogP contribution in [0, 0.1) is 5.92 Å². The van der Waals surface area contributed by atoms with Gasteiger partial charge in [0.15, 0.2) is 11.6 Å². The summed E-state index contributed by atoms with van der Waals surface area (Å²) in [6.07, 6.45) is 2.52. The van der Waals surface area contributed by atoms with Crippen molar-refractivity contribution in [1.29, 1.82) is 0 Å².